The molecule has 0 radical (unpaired) electrons. The van der Waals surface area contributed by atoms with Crippen molar-refractivity contribution in [3.05, 3.63) is 24.0 Å². The Morgan fingerprint density at radius 2 is 2.25 bits per heavy atom. The maximum Gasteiger partial charge on any atom is 0.142 e. The first-order valence-corrected chi connectivity index (χ1v) is 3.85. The van der Waals surface area contributed by atoms with Crippen LogP contribution >= 0.6 is 0 Å². The Labute approximate surface area is 71.4 Å². The Hall–Kier alpha value is -1.25. The van der Waals surface area contributed by atoms with E-state index in [1.807, 2.05) is 6.92 Å². The largest absolute Gasteiger partial charge is 0.495 e. The van der Waals surface area contributed by atoms with Gasteiger partial charge in [-0.25, -0.2) is 4.39 Å². The minimum atomic E-state index is -0.258. The molecule has 0 bridgehead atoms. The number of hydrogen-bond acceptors (Lipinski definition) is 2. The highest BCUT2D eigenvalue weighted by Gasteiger charge is 2.01. The van der Waals surface area contributed by atoms with E-state index in [0.29, 0.717) is 11.4 Å². The van der Waals surface area contributed by atoms with Gasteiger partial charge in [-0.15, -0.1) is 0 Å². The smallest absolute Gasteiger partial charge is 0.142 e. The van der Waals surface area contributed by atoms with Crippen molar-refractivity contribution < 1.29 is 9.13 Å². The van der Waals surface area contributed by atoms with E-state index in [-0.39, 0.29) is 5.82 Å². The highest BCUT2D eigenvalue weighted by molar-refractivity contribution is 5.56. The second-order valence-electron chi connectivity index (χ2n) is 2.37. The molecule has 0 unspecified atom stereocenters. The van der Waals surface area contributed by atoms with Gasteiger partial charge in [0, 0.05) is 12.6 Å². The van der Waals surface area contributed by atoms with E-state index < -0.39 is 0 Å². The van der Waals surface area contributed by atoms with Crippen LogP contribution < -0.4 is 10.1 Å². The molecule has 0 fully saturated rings. The average Bonchev–Trinajstić information content (AvgIpc) is 2.05. The van der Waals surface area contributed by atoms with Gasteiger partial charge in [0.05, 0.1) is 12.8 Å². The van der Waals surface area contributed by atoms with Crippen LogP contribution in [0.3, 0.4) is 0 Å². The van der Waals surface area contributed by atoms with Gasteiger partial charge in [0.1, 0.15) is 11.6 Å². The summed E-state index contributed by atoms with van der Waals surface area (Å²) in [6, 6.07) is 4.40. The summed E-state index contributed by atoms with van der Waals surface area (Å²) in [6.45, 7) is 2.70. The van der Waals surface area contributed by atoms with Crippen LogP contribution in [0.15, 0.2) is 18.2 Å². The van der Waals surface area contributed by atoms with Gasteiger partial charge in [0.2, 0.25) is 0 Å². The van der Waals surface area contributed by atoms with Crippen molar-refractivity contribution in [2.75, 3.05) is 19.0 Å². The maximum atomic E-state index is 12.7. The van der Waals surface area contributed by atoms with Crippen molar-refractivity contribution in [2.24, 2.45) is 0 Å². The molecular weight excluding hydrogens is 157 g/mol. The van der Waals surface area contributed by atoms with Gasteiger partial charge in [-0.3, -0.25) is 0 Å². The van der Waals surface area contributed by atoms with Crippen molar-refractivity contribution in [3.63, 3.8) is 0 Å². The standard InChI is InChI=1S/C9H12FNO/c1-3-11-8-6-7(10)4-5-9(8)12-2/h4-6,11H,3H2,1-2H3. The lowest BCUT2D eigenvalue weighted by Crippen LogP contribution is -1.99. The van der Waals surface area contributed by atoms with E-state index in [1.54, 1.807) is 13.2 Å². The van der Waals surface area contributed by atoms with Gasteiger partial charge in [0.15, 0.2) is 0 Å². The van der Waals surface area contributed by atoms with E-state index in [4.69, 9.17) is 4.74 Å². The summed E-state index contributed by atoms with van der Waals surface area (Å²) in [4.78, 5) is 0. The molecule has 0 heterocycles. The first-order chi connectivity index (χ1) is 5.77. The number of benzene rings is 1. The number of nitrogens with one attached hydrogen (secondary N) is 1. The first-order valence-electron chi connectivity index (χ1n) is 3.85. The molecule has 66 valence electrons. The zero-order chi connectivity index (χ0) is 8.97. The summed E-state index contributed by atoms with van der Waals surface area (Å²) >= 11 is 0. The van der Waals surface area contributed by atoms with Crippen LogP contribution in [0.2, 0.25) is 0 Å². The number of methoxy groups -OCH3 is 1. The maximum absolute atomic E-state index is 12.7. The molecule has 0 amide bonds. The number of hydrogen-bond donors (Lipinski definition) is 1. The van der Waals surface area contributed by atoms with Gasteiger partial charge >= 0.3 is 0 Å². The van der Waals surface area contributed by atoms with Crippen LogP contribution in [0.4, 0.5) is 10.1 Å². The SMILES string of the molecule is CCNc1cc(F)ccc1OC. The fraction of sp³-hybridized carbons (Fsp3) is 0.333. The molecule has 0 saturated heterocycles. The van der Waals surface area contributed by atoms with E-state index in [9.17, 15) is 4.39 Å². The third kappa shape index (κ3) is 1.87. The minimum Gasteiger partial charge on any atom is -0.495 e. The Kier molecular flexibility index (Phi) is 2.91. The van der Waals surface area contributed by atoms with Crippen molar-refractivity contribution in [1.82, 2.24) is 0 Å². The van der Waals surface area contributed by atoms with Crippen LogP contribution in [0, 0.1) is 5.82 Å². The molecule has 1 aromatic carbocycles. The summed E-state index contributed by atoms with van der Waals surface area (Å²) in [7, 11) is 1.56. The molecule has 0 aromatic heterocycles. The van der Waals surface area contributed by atoms with Gasteiger partial charge < -0.3 is 10.1 Å². The lowest BCUT2D eigenvalue weighted by atomic mass is 10.3. The van der Waals surface area contributed by atoms with Crippen LogP contribution in [-0.4, -0.2) is 13.7 Å². The summed E-state index contributed by atoms with van der Waals surface area (Å²) in [5, 5.41) is 3.00. The Balaban J connectivity index is 2.95. The fourth-order valence-electron chi connectivity index (χ4n) is 1.01. The second-order valence-corrected chi connectivity index (χ2v) is 2.37. The molecule has 0 aliphatic heterocycles. The number of anilines is 1. The highest BCUT2D eigenvalue weighted by Crippen LogP contribution is 2.24. The third-order valence-corrected chi connectivity index (χ3v) is 1.53. The van der Waals surface area contributed by atoms with Gasteiger partial charge in [-0.05, 0) is 19.1 Å². The molecule has 1 aromatic rings. The molecule has 0 saturated carbocycles. The molecule has 2 nitrogen and oxygen atoms in total. The predicted molar refractivity (Wildman–Crippen MR) is 47.1 cm³/mol. The topological polar surface area (TPSA) is 21.3 Å². The van der Waals surface area contributed by atoms with Crippen LogP contribution in [0.1, 0.15) is 6.92 Å². The number of rotatable bonds is 3. The van der Waals surface area contributed by atoms with Gasteiger partial charge in [-0.1, -0.05) is 0 Å². The Bertz CT molecular complexity index is 263. The van der Waals surface area contributed by atoms with Crippen molar-refractivity contribution >= 4 is 5.69 Å². The minimum absolute atomic E-state index is 0.258. The summed E-state index contributed by atoms with van der Waals surface area (Å²) < 4.78 is 17.7. The Morgan fingerprint density at radius 1 is 1.50 bits per heavy atom. The fourth-order valence-corrected chi connectivity index (χ4v) is 1.01. The van der Waals surface area contributed by atoms with Crippen LogP contribution in [0.5, 0.6) is 5.75 Å². The lowest BCUT2D eigenvalue weighted by Gasteiger charge is -2.08. The van der Waals surface area contributed by atoms with Crippen LogP contribution in [0.25, 0.3) is 0 Å². The lowest BCUT2D eigenvalue weighted by molar-refractivity contribution is 0.415. The predicted octanol–water partition coefficient (Wildman–Crippen LogP) is 2.27. The monoisotopic (exact) mass is 169 g/mol. The highest BCUT2D eigenvalue weighted by atomic mass is 19.1. The molecule has 0 aliphatic rings. The zero-order valence-electron chi connectivity index (χ0n) is 7.23. The summed E-state index contributed by atoms with van der Waals surface area (Å²) in [6.07, 6.45) is 0. The van der Waals surface area contributed by atoms with Crippen LogP contribution in [-0.2, 0) is 0 Å². The molecule has 12 heavy (non-hydrogen) atoms. The molecular formula is C9H12FNO. The molecule has 0 atom stereocenters. The average molecular weight is 169 g/mol. The normalized spacial score (nSPS) is 9.58. The molecule has 0 aliphatic carbocycles. The molecule has 3 heteroatoms. The number of ether oxygens (including phenoxy) is 1. The van der Waals surface area contributed by atoms with Crippen molar-refractivity contribution in [2.45, 2.75) is 6.92 Å². The molecule has 1 N–H and O–H groups in total. The Morgan fingerprint density at radius 3 is 2.83 bits per heavy atom. The van der Waals surface area contributed by atoms with E-state index >= 15 is 0 Å². The number of halogens is 1. The zero-order valence-corrected chi connectivity index (χ0v) is 7.23. The van der Waals surface area contributed by atoms with Gasteiger partial charge in [-0.2, -0.15) is 0 Å². The van der Waals surface area contributed by atoms with E-state index in [2.05, 4.69) is 5.32 Å². The molecule has 1 rings (SSSR count). The molecule has 0 spiro atoms. The van der Waals surface area contributed by atoms with E-state index in [1.165, 1.54) is 12.1 Å². The second kappa shape index (κ2) is 3.95. The summed E-state index contributed by atoms with van der Waals surface area (Å²) in [5.41, 5.74) is 0.694. The van der Waals surface area contributed by atoms with Crippen molar-refractivity contribution in [1.29, 1.82) is 0 Å². The van der Waals surface area contributed by atoms with E-state index in [0.717, 1.165) is 6.54 Å². The summed E-state index contributed by atoms with van der Waals surface area (Å²) in [5.74, 6) is 0.407. The quantitative estimate of drug-likeness (QED) is 0.749. The van der Waals surface area contributed by atoms with Gasteiger partial charge in [0.25, 0.3) is 0 Å². The third-order valence-electron chi connectivity index (χ3n) is 1.53. The first kappa shape index (κ1) is 8.84. The van der Waals surface area contributed by atoms with Crippen molar-refractivity contribution in [3.8, 4) is 5.75 Å².